The molecule has 0 spiro atoms. The summed E-state index contributed by atoms with van der Waals surface area (Å²) in [5, 5.41) is 7.27. The van der Waals surface area contributed by atoms with Gasteiger partial charge in [0.15, 0.2) is 5.75 Å². The summed E-state index contributed by atoms with van der Waals surface area (Å²) in [6.07, 6.45) is -4.59. The first-order chi connectivity index (χ1) is 12.9. The second kappa shape index (κ2) is 7.06. The van der Waals surface area contributed by atoms with Crippen molar-refractivity contribution in [2.45, 2.75) is 23.6 Å². The Morgan fingerprint density at radius 1 is 1.14 bits per heavy atom. The zero-order chi connectivity index (χ0) is 20.7. The van der Waals surface area contributed by atoms with Crippen molar-refractivity contribution in [3.8, 4) is 5.75 Å². The predicted molar refractivity (Wildman–Crippen MR) is 90.4 cm³/mol. The zero-order valence-electron chi connectivity index (χ0n) is 14.0. The van der Waals surface area contributed by atoms with Crippen molar-refractivity contribution in [2.24, 2.45) is 11.1 Å². The van der Waals surface area contributed by atoms with E-state index in [0.29, 0.717) is 12.0 Å². The normalized spacial score (nSPS) is 19.2. The van der Waals surface area contributed by atoms with Crippen molar-refractivity contribution >= 4 is 21.6 Å². The monoisotopic (exact) mass is 418 g/mol. The van der Waals surface area contributed by atoms with E-state index in [-0.39, 0.29) is 10.8 Å². The number of alkyl halides is 3. The smallest absolute Gasteiger partial charge is 0.404 e. The van der Waals surface area contributed by atoms with Gasteiger partial charge in [-0.2, -0.15) is 0 Å². The molecule has 1 saturated carbocycles. The fourth-order valence-electron chi connectivity index (χ4n) is 2.80. The van der Waals surface area contributed by atoms with Gasteiger partial charge in [0.2, 0.25) is 15.9 Å². The average molecular weight is 418 g/mol. The SMILES string of the molecule is NS(=O)(=O)c1ccc([C@H]2C[C@@H]2C(=O)Nc2cc(F)ccc2OC(F)(F)F)cc1. The number of hydrogen-bond donors (Lipinski definition) is 2. The molecule has 1 fully saturated rings. The molecular formula is C17H14F4N2O4S. The number of hydrogen-bond acceptors (Lipinski definition) is 4. The summed E-state index contributed by atoms with van der Waals surface area (Å²) in [6.45, 7) is 0. The third-order valence-corrected chi connectivity index (χ3v) is 5.12. The Balaban J connectivity index is 1.71. The Hall–Kier alpha value is -2.66. The molecule has 0 unspecified atom stereocenters. The molecule has 1 aliphatic carbocycles. The van der Waals surface area contributed by atoms with Crippen LogP contribution in [0, 0.1) is 11.7 Å². The Bertz CT molecular complexity index is 1010. The summed E-state index contributed by atoms with van der Waals surface area (Å²) in [5.74, 6) is -2.96. The molecular weight excluding hydrogens is 404 g/mol. The van der Waals surface area contributed by atoms with Gasteiger partial charge in [0.1, 0.15) is 5.82 Å². The summed E-state index contributed by atoms with van der Waals surface area (Å²) in [7, 11) is -3.84. The number of primary sulfonamides is 1. The quantitative estimate of drug-likeness (QED) is 0.729. The van der Waals surface area contributed by atoms with E-state index >= 15 is 0 Å². The lowest BCUT2D eigenvalue weighted by atomic mass is 10.1. The summed E-state index contributed by atoms with van der Waals surface area (Å²) in [4.78, 5) is 12.3. The molecule has 28 heavy (non-hydrogen) atoms. The molecule has 1 amide bonds. The lowest BCUT2D eigenvalue weighted by molar-refractivity contribution is -0.274. The highest BCUT2D eigenvalue weighted by Gasteiger charge is 2.44. The maximum Gasteiger partial charge on any atom is 0.573 e. The van der Waals surface area contributed by atoms with Crippen LogP contribution < -0.4 is 15.2 Å². The second-order valence-corrected chi connectivity index (χ2v) is 7.80. The zero-order valence-corrected chi connectivity index (χ0v) is 14.9. The van der Waals surface area contributed by atoms with E-state index < -0.39 is 45.5 Å². The van der Waals surface area contributed by atoms with Gasteiger partial charge in [-0.1, -0.05) is 12.1 Å². The Morgan fingerprint density at radius 3 is 2.36 bits per heavy atom. The number of benzene rings is 2. The third kappa shape index (κ3) is 4.78. The van der Waals surface area contributed by atoms with Gasteiger partial charge in [0.25, 0.3) is 0 Å². The van der Waals surface area contributed by atoms with Crippen molar-refractivity contribution in [1.82, 2.24) is 0 Å². The molecule has 1 aliphatic rings. The number of ether oxygens (including phenoxy) is 1. The first-order valence-corrected chi connectivity index (χ1v) is 9.47. The van der Waals surface area contributed by atoms with Crippen molar-refractivity contribution in [1.29, 1.82) is 0 Å². The molecule has 0 aromatic heterocycles. The minimum absolute atomic E-state index is 0.0772. The number of sulfonamides is 1. The molecule has 0 aliphatic heterocycles. The molecule has 2 atom stereocenters. The van der Waals surface area contributed by atoms with Crippen LogP contribution in [0.4, 0.5) is 23.2 Å². The Labute approximate surface area is 157 Å². The number of nitrogens with one attached hydrogen (secondary N) is 1. The van der Waals surface area contributed by atoms with Gasteiger partial charge >= 0.3 is 6.36 Å². The van der Waals surface area contributed by atoms with E-state index in [2.05, 4.69) is 10.1 Å². The van der Waals surface area contributed by atoms with E-state index in [9.17, 15) is 30.8 Å². The largest absolute Gasteiger partial charge is 0.573 e. The van der Waals surface area contributed by atoms with Crippen LogP contribution in [0.2, 0.25) is 0 Å². The van der Waals surface area contributed by atoms with E-state index in [0.717, 1.165) is 18.2 Å². The first kappa shape index (κ1) is 20.1. The van der Waals surface area contributed by atoms with Gasteiger partial charge in [-0.15, -0.1) is 13.2 Å². The molecule has 3 rings (SSSR count). The van der Waals surface area contributed by atoms with Gasteiger partial charge in [-0.25, -0.2) is 17.9 Å². The Kier molecular flexibility index (Phi) is 5.06. The minimum Gasteiger partial charge on any atom is -0.404 e. The van der Waals surface area contributed by atoms with Crippen LogP contribution in [0.1, 0.15) is 17.9 Å². The fourth-order valence-corrected chi connectivity index (χ4v) is 3.31. The highest BCUT2D eigenvalue weighted by Crippen LogP contribution is 2.48. The van der Waals surface area contributed by atoms with Gasteiger partial charge in [-0.3, -0.25) is 4.79 Å². The van der Waals surface area contributed by atoms with Crippen molar-refractivity contribution in [3.05, 3.63) is 53.8 Å². The summed E-state index contributed by atoms with van der Waals surface area (Å²) < 4.78 is 77.0. The summed E-state index contributed by atoms with van der Waals surface area (Å²) >= 11 is 0. The molecule has 2 aromatic carbocycles. The number of carbonyl (C=O) groups is 1. The maximum absolute atomic E-state index is 13.4. The first-order valence-electron chi connectivity index (χ1n) is 7.93. The van der Waals surface area contributed by atoms with Gasteiger partial charge in [-0.05, 0) is 42.2 Å². The highest BCUT2D eigenvalue weighted by molar-refractivity contribution is 7.89. The average Bonchev–Trinajstić information content (AvgIpc) is 3.36. The lowest BCUT2D eigenvalue weighted by Crippen LogP contribution is -2.20. The van der Waals surface area contributed by atoms with Crippen LogP contribution in [-0.2, 0) is 14.8 Å². The van der Waals surface area contributed by atoms with Crippen molar-refractivity contribution in [3.63, 3.8) is 0 Å². The van der Waals surface area contributed by atoms with Crippen LogP contribution in [-0.4, -0.2) is 20.7 Å². The highest BCUT2D eigenvalue weighted by atomic mass is 32.2. The van der Waals surface area contributed by atoms with Crippen LogP contribution in [0.5, 0.6) is 5.75 Å². The van der Waals surface area contributed by atoms with Crippen LogP contribution in [0.25, 0.3) is 0 Å². The molecule has 0 radical (unpaired) electrons. The van der Waals surface area contributed by atoms with E-state index in [1.54, 1.807) is 0 Å². The molecule has 150 valence electrons. The third-order valence-electron chi connectivity index (χ3n) is 4.19. The molecule has 11 heteroatoms. The number of carbonyl (C=O) groups excluding carboxylic acids is 1. The standard InChI is InChI=1S/C17H14F4N2O4S/c18-10-3-6-15(27-17(19,20)21)14(7-10)23-16(24)13-8-12(13)9-1-4-11(5-2-9)28(22,25)26/h1-7,12-13H,8H2,(H,23,24)(H2,22,25,26)/t12-,13+/m1/s1. The van der Waals surface area contributed by atoms with Gasteiger partial charge in [0, 0.05) is 12.0 Å². The number of halogens is 4. The van der Waals surface area contributed by atoms with E-state index in [1.165, 1.54) is 24.3 Å². The molecule has 3 N–H and O–H groups in total. The fraction of sp³-hybridized carbons (Fsp3) is 0.235. The van der Waals surface area contributed by atoms with Gasteiger partial charge < -0.3 is 10.1 Å². The van der Waals surface area contributed by atoms with Gasteiger partial charge in [0.05, 0.1) is 10.6 Å². The van der Waals surface area contributed by atoms with Crippen molar-refractivity contribution in [2.75, 3.05) is 5.32 Å². The maximum atomic E-state index is 13.4. The molecule has 0 bridgehead atoms. The lowest BCUT2D eigenvalue weighted by Gasteiger charge is -2.14. The summed E-state index contributed by atoms with van der Waals surface area (Å²) in [5.41, 5.74) is 0.246. The number of amides is 1. The molecule has 6 nitrogen and oxygen atoms in total. The van der Waals surface area contributed by atoms with Crippen molar-refractivity contribution < 1.29 is 35.5 Å². The number of rotatable bonds is 5. The topological polar surface area (TPSA) is 98.5 Å². The van der Waals surface area contributed by atoms with E-state index in [4.69, 9.17) is 5.14 Å². The number of anilines is 1. The minimum atomic E-state index is -5.00. The summed E-state index contributed by atoms with van der Waals surface area (Å²) in [6, 6.07) is 7.92. The van der Waals surface area contributed by atoms with Crippen LogP contribution in [0.3, 0.4) is 0 Å². The van der Waals surface area contributed by atoms with E-state index in [1.807, 2.05) is 0 Å². The Morgan fingerprint density at radius 2 is 1.79 bits per heavy atom. The second-order valence-electron chi connectivity index (χ2n) is 6.24. The number of nitrogens with two attached hydrogens (primary N) is 1. The van der Waals surface area contributed by atoms with Crippen LogP contribution >= 0.6 is 0 Å². The molecule has 0 saturated heterocycles. The predicted octanol–water partition coefficient (Wildman–Crippen LogP) is 3.11. The molecule has 2 aromatic rings. The van der Waals surface area contributed by atoms with Crippen LogP contribution in [0.15, 0.2) is 47.4 Å². The molecule has 0 heterocycles.